The highest BCUT2D eigenvalue weighted by Gasteiger charge is 2.44. The fourth-order valence-electron chi connectivity index (χ4n) is 4.84. The van der Waals surface area contributed by atoms with Crippen LogP contribution in [0.15, 0.2) is 0 Å². The van der Waals surface area contributed by atoms with Crippen molar-refractivity contribution < 1.29 is 23.8 Å². The zero-order valence-electron chi connectivity index (χ0n) is 17.7. The summed E-state index contributed by atoms with van der Waals surface area (Å²) in [6, 6.07) is 0. The summed E-state index contributed by atoms with van der Waals surface area (Å²) in [7, 11) is 0. The molecule has 6 unspecified atom stereocenters. The third kappa shape index (κ3) is 6.75. The molecule has 4 fully saturated rings. The number of unbranched alkanes of at least 4 members (excludes halogenated alkanes) is 1. The summed E-state index contributed by atoms with van der Waals surface area (Å²) in [5, 5.41) is 0. The van der Waals surface area contributed by atoms with Crippen LogP contribution in [0.4, 0.5) is 0 Å². The number of carbonyl (C=O) groups excluding carboxylic acids is 2. The zero-order valence-corrected chi connectivity index (χ0v) is 17.7. The van der Waals surface area contributed by atoms with E-state index in [1.54, 1.807) is 0 Å². The molecule has 4 aliphatic rings. The lowest BCUT2D eigenvalue weighted by Gasteiger charge is -2.20. The van der Waals surface area contributed by atoms with Gasteiger partial charge in [0.2, 0.25) is 0 Å². The Morgan fingerprint density at radius 2 is 1.36 bits per heavy atom. The molecule has 5 heteroatoms. The van der Waals surface area contributed by atoms with Crippen molar-refractivity contribution in [1.82, 2.24) is 0 Å². The van der Waals surface area contributed by atoms with Crippen molar-refractivity contribution in [3.8, 4) is 0 Å². The second-order valence-corrected chi connectivity index (χ2v) is 8.90. The van der Waals surface area contributed by atoms with Gasteiger partial charge in [0.15, 0.2) is 0 Å². The lowest BCUT2D eigenvalue weighted by atomic mass is 9.90. The Hall–Kier alpha value is -1.10. The van der Waals surface area contributed by atoms with Gasteiger partial charge in [0.25, 0.3) is 0 Å². The SMILES string of the molecule is CC.O=C(CCCCC(=O)OCC1CCC2OC2C1)OCC1CCC2CC2C1. The van der Waals surface area contributed by atoms with Crippen LogP contribution in [0.25, 0.3) is 0 Å². The molecule has 6 atom stereocenters. The molecule has 28 heavy (non-hydrogen) atoms. The number of epoxide rings is 1. The second kappa shape index (κ2) is 10.6. The van der Waals surface area contributed by atoms with Gasteiger partial charge in [0.1, 0.15) is 0 Å². The number of ether oxygens (including phenoxy) is 3. The highest BCUT2D eigenvalue weighted by atomic mass is 16.6. The molecule has 0 aromatic carbocycles. The predicted molar refractivity (Wildman–Crippen MR) is 107 cm³/mol. The Balaban J connectivity index is 0.00000109. The van der Waals surface area contributed by atoms with Gasteiger partial charge in [-0.25, -0.2) is 0 Å². The summed E-state index contributed by atoms with van der Waals surface area (Å²) in [6.45, 7) is 5.12. The van der Waals surface area contributed by atoms with Crippen molar-refractivity contribution in [2.45, 2.75) is 96.7 Å². The molecule has 4 rings (SSSR count). The summed E-state index contributed by atoms with van der Waals surface area (Å²) >= 11 is 0. The summed E-state index contributed by atoms with van der Waals surface area (Å²) in [6.07, 6.45) is 11.6. The van der Waals surface area contributed by atoms with E-state index < -0.39 is 0 Å². The summed E-state index contributed by atoms with van der Waals surface area (Å²) in [5.41, 5.74) is 0. The van der Waals surface area contributed by atoms with E-state index in [0.29, 0.717) is 62.9 Å². The summed E-state index contributed by atoms with van der Waals surface area (Å²) < 4.78 is 16.3. The molecule has 0 spiro atoms. The molecule has 0 aromatic rings. The molecule has 1 saturated heterocycles. The standard InChI is InChI=1S/C21H32O5.C2H6/c22-20(24-12-14-5-7-16-11-17(16)9-14)3-1-2-4-21(23)25-13-15-6-8-18-19(10-15)26-18;1-2/h14-19H,1-13H2;1-2H3. The fraction of sp³-hybridized carbons (Fsp3) is 0.913. The van der Waals surface area contributed by atoms with Crippen LogP contribution >= 0.6 is 0 Å². The van der Waals surface area contributed by atoms with E-state index in [2.05, 4.69) is 0 Å². The quantitative estimate of drug-likeness (QED) is 0.323. The first kappa shape index (κ1) is 21.6. The molecule has 0 aromatic heterocycles. The Kier molecular flexibility index (Phi) is 8.19. The Labute approximate surface area is 169 Å². The van der Waals surface area contributed by atoms with Crippen molar-refractivity contribution in [2.75, 3.05) is 13.2 Å². The fourth-order valence-corrected chi connectivity index (χ4v) is 4.84. The lowest BCUT2D eigenvalue weighted by Crippen LogP contribution is -2.20. The van der Waals surface area contributed by atoms with Crippen molar-refractivity contribution in [3.63, 3.8) is 0 Å². The van der Waals surface area contributed by atoms with E-state index in [9.17, 15) is 9.59 Å². The minimum atomic E-state index is -0.140. The predicted octanol–water partition coefficient (Wildman–Crippen LogP) is 4.66. The van der Waals surface area contributed by atoms with E-state index >= 15 is 0 Å². The van der Waals surface area contributed by atoms with Crippen molar-refractivity contribution in [3.05, 3.63) is 0 Å². The number of fused-ring (bicyclic) bond motifs is 2. The minimum Gasteiger partial charge on any atom is -0.465 e. The molecule has 0 amide bonds. The molecular weight excluding hydrogens is 356 g/mol. The number of rotatable bonds is 9. The first-order chi connectivity index (χ1) is 13.7. The Morgan fingerprint density at radius 3 is 1.96 bits per heavy atom. The van der Waals surface area contributed by atoms with E-state index in [0.717, 1.165) is 31.1 Å². The van der Waals surface area contributed by atoms with Gasteiger partial charge in [-0.05, 0) is 81.5 Å². The van der Waals surface area contributed by atoms with Gasteiger partial charge in [0, 0.05) is 12.8 Å². The number of esters is 2. The minimum absolute atomic E-state index is 0.113. The lowest BCUT2D eigenvalue weighted by molar-refractivity contribution is -0.147. The van der Waals surface area contributed by atoms with E-state index in [-0.39, 0.29) is 11.9 Å². The summed E-state index contributed by atoms with van der Waals surface area (Å²) in [4.78, 5) is 23.7. The van der Waals surface area contributed by atoms with Gasteiger partial charge in [-0.1, -0.05) is 13.8 Å². The highest BCUT2D eigenvalue weighted by Crippen LogP contribution is 2.51. The van der Waals surface area contributed by atoms with E-state index in [4.69, 9.17) is 14.2 Å². The molecular formula is C23H38O5. The monoisotopic (exact) mass is 394 g/mol. The smallest absolute Gasteiger partial charge is 0.305 e. The van der Waals surface area contributed by atoms with Crippen LogP contribution in [-0.4, -0.2) is 37.4 Å². The largest absolute Gasteiger partial charge is 0.465 e. The van der Waals surface area contributed by atoms with Crippen LogP contribution in [0.1, 0.15) is 84.5 Å². The number of hydrogen-bond donors (Lipinski definition) is 0. The normalized spacial score (nSPS) is 34.8. The molecule has 160 valence electrons. The first-order valence-corrected chi connectivity index (χ1v) is 11.6. The molecule has 5 nitrogen and oxygen atoms in total. The van der Waals surface area contributed by atoms with E-state index in [1.165, 1.54) is 25.7 Å². The highest BCUT2D eigenvalue weighted by molar-refractivity contribution is 5.70. The van der Waals surface area contributed by atoms with Crippen molar-refractivity contribution >= 4 is 11.9 Å². The van der Waals surface area contributed by atoms with Crippen LogP contribution in [0.5, 0.6) is 0 Å². The van der Waals surface area contributed by atoms with E-state index in [1.807, 2.05) is 13.8 Å². The maximum absolute atomic E-state index is 11.8. The van der Waals surface area contributed by atoms with Crippen LogP contribution in [0, 0.1) is 23.7 Å². The topological polar surface area (TPSA) is 65.1 Å². The molecule has 0 bridgehead atoms. The first-order valence-electron chi connectivity index (χ1n) is 11.6. The van der Waals surface area contributed by atoms with Gasteiger partial charge >= 0.3 is 11.9 Å². The van der Waals surface area contributed by atoms with Crippen LogP contribution < -0.4 is 0 Å². The molecule has 0 N–H and O–H groups in total. The molecule has 0 radical (unpaired) electrons. The molecule has 3 saturated carbocycles. The average molecular weight is 395 g/mol. The van der Waals surface area contributed by atoms with Gasteiger partial charge in [-0.3, -0.25) is 9.59 Å². The van der Waals surface area contributed by atoms with Crippen molar-refractivity contribution in [1.29, 1.82) is 0 Å². The Morgan fingerprint density at radius 1 is 0.750 bits per heavy atom. The van der Waals surface area contributed by atoms with Crippen LogP contribution in [-0.2, 0) is 23.8 Å². The molecule has 1 heterocycles. The zero-order chi connectivity index (χ0) is 19.9. The molecule has 1 aliphatic heterocycles. The van der Waals surface area contributed by atoms with Gasteiger partial charge in [-0.15, -0.1) is 0 Å². The number of carbonyl (C=O) groups is 2. The third-order valence-electron chi connectivity index (χ3n) is 6.74. The average Bonchev–Trinajstić information content (AvgIpc) is 3.63. The van der Waals surface area contributed by atoms with Crippen molar-refractivity contribution in [2.24, 2.45) is 23.7 Å². The second-order valence-electron chi connectivity index (χ2n) is 8.90. The number of hydrogen-bond acceptors (Lipinski definition) is 5. The maximum atomic E-state index is 11.8. The van der Waals surface area contributed by atoms with Crippen LogP contribution in [0.3, 0.4) is 0 Å². The van der Waals surface area contributed by atoms with Crippen LogP contribution in [0.2, 0.25) is 0 Å². The molecule has 3 aliphatic carbocycles. The summed E-state index contributed by atoms with van der Waals surface area (Å²) in [5.74, 6) is 2.69. The van der Waals surface area contributed by atoms with Gasteiger partial charge < -0.3 is 14.2 Å². The van der Waals surface area contributed by atoms with Gasteiger partial charge in [-0.2, -0.15) is 0 Å². The third-order valence-corrected chi connectivity index (χ3v) is 6.74. The van der Waals surface area contributed by atoms with Gasteiger partial charge in [0.05, 0.1) is 25.4 Å². The Bertz CT molecular complexity index is 473. The maximum Gasteiger partial charge on any atom is 0.305 e.